The molecule has 11 nitrogen and oxygen atoms in total. The van der Waals surface area contributed by atoms with Gasteiger partial charge in [0.25, 0.3) is 0 Å². The Labute approximate surface area is 260 Å². The van der Waals surface area contributed by atoms with E-state index < -0.39 is 18.1 Å². The number of hydrogen-bond acceptors (Lipinski definition) is 8. The predicted octanol–water partition coefficient (Wildman–Crippen LogP) is 5.35. The molecule has 0 bridgehead atoms. The van der Waals surface area contributed by atoms with E-state index in [-0.39, 0.29) is 36.6 Å². The predicted molar refractivity (Wildman–Crippen MR) is 172 cm³/mol. The van der Waals surface area contributed by atoms with Gasteiger partial charge in [0.2, 0.25) is 11.8 Å². The van der Waals surface area contributed by atoms with E-state index in [1.54, 1.807) is 6.20 Å². The molecule has 12 heteroatoms. The molecule has 1 aliphatic heterocycles. The third kappa shape index (κ3) is 12.8. The second-order valence-corrected chi connectivity index (χ2v) is 10.1. The van der Waals surface area contributed by atoms with E-state index in [4.69, 9.17) is 10.5 Å². The van der Waals surface area contributed by atoms with Crippen molar-refractivity contribution >= 4 is 23.9 Å². The first kappa shape index (κ1) is 39.5. The van der Waals surface area contributed by atoms with Crippen LogP contribution >= 0.6 is 0 Å². The number of carbonyl (C=O) groups is 4. The van der Waals surface area contributed by atoms with Crippen LogP contribution in [0.1, 0.15) is 84.2 Å². The van der Waals surface area contributed by atoms with Crippen LogP contribution in [0.3, 0.4) is 0 Å². The van der Waals surface area contributed by atoms with Crippen LogP contribution in [0.5, 0.6) is 0 Å². The molecule has 0 radical (unpaired) electrons. The number of hydrogen-bond donors (Lipinski definition) is 6. The first-order chi connectivity index (χ1) is 20.2. The van der Waals surface area contributed by atoms with Crippen molar-refractivity contribution in [2.45, 2.75) is 77.7 Å². The molecule has 9 N–H and O–H groups in total. The van der Waals surface area contributed by atoms with Gasteiger partial charge in [0.15, 0.2) is 0 Å². The number of fused-ring (bicyclic) bond motifs is 3. The molecule has 4 rings (SSSR count). The topological polar surface area (TPSA) is 195 Å². The molecule has 1 aliphatic carbocycles. The van der Waals surface area contributed by atoms with Crippen LogP contribution in [0.2, 0.25) is 0 Å². The second kappa shape index (κ2) is 21.3. The number of aliphatic carboxylic acids is 1. The lowest BCUT2D eigenvalue weighted by molar-refractivity contribution is -0.139. The average Bonchev–Trinajstić information content (AvgIpc) is 3.52. The minimum atomic E-state index is -1.07. The van der Waals surface area contributed by atoms with E-state index in [0.717, 1.165) is 40.8 Å². The third-order valence-corrected chi connectivity index (χ3v) is 6.55. The monoisotopic (exact) mass is 619 g/mol. The quantitative estimate of drug-likeness (QED) is 0.142. The maximum Gasteiger partial charge on any atom is 0.407 e. The van der Waals surface area contributed by atoms with Crippen molar-refractivity contribution in [3.8, 4) is 11.1 Å². The molecule has 1 atom stereocenters. The molecule has 0 saturated carbocycles. The van der Waals surface area contributed by atoms with Crippen molar-refractivity contribution in [3.63, 3.8) is 0 Å². The lowest BCUT2D eigenvalue weighted by Gasteiger charge is -2.17. The largest absolute Gasteiger partial charge is 0.480 e. The van der Waals surface area contributed by atoms with Gasteiger partial charge < -0.3 is 32.4 Å². The summed E-state index contributed by atoms with van der Waals surface area (Å²) in [6.45, 7) is 7.07. The Morgan fingerprint density at radius 1 is 1.02 bits per heavy atom. The Kier molecular flexibility index (Phi) is 19.1. The molecule has 2 aromatic carbocycles. The highest BCUT2D eigenvalue weighted by atomic mass is 19.0. The minimum absolute atomic E-state index is 0. The molecule has 0 spiro atoms. The van der Waals surface area contributed by atoms with Gasteiger partial charge in [-0.05, 0) is 47.9 Å². The number of allylic oxidation sites excluding steroid dienone is 1. The highest BCUT2D eigenvalue weighted by Crippen LogP contribution is 2.44. The smallest absolute Gasteiger partial charge is 0.407 e. The van der Waals surface area contributed by atoms with E-state index in [2.05, 4.69) is 41.9 Å². The summed E-state index contributed by atoms with van der Waals surface area (Å²) in [6, 6.07) is 15.2. The summed E-state index contributed by atoms with van der Waals surface area (Å²) in [4.78, 5) is 44.2. The lowest BCUT2D eigenvalue weighted by atomic mass is 9.98. The number of nitrogens with one attached hydrogen (secondary N) is 3. The lowest BCUT2D eigenvalue weighted by Crippen LogP contribution is -2.41. The first-order valence-electron chi connectivity index (χ1n) is 14.6. The first-order valence-corrected chi connectivity index (χ1v) is 14.6. The van der Waals surface area contributed by atoms with E-state index in [1.165, 1.54) is 6.42 Å². The number of amides is 3. The summed E-state index contributed by atoms with van der Waals surface area (Å²) < 4.78 is 5.46. The van der Waals surface area contributed by atoms with Crippen LogP contribution in [0, 0.1) is 0 Å². The van der Waals surface area contributed by atoms with Crippen LogP contribution in [0.25, 0.3) is 11.1 Å². The summed E-state index contributed by atoms with van der Waals surface area (Å²) in [5.74, 6) is -1.43. The number of imide groups is 1. The number of carbonyl (C=O) groups excluding carboxylic acids is 3. The minimum Gasteiger partial charge on any atom is -0.480 e. The summed E-state index contributed by atoms with van der Waals surface area (Å²) >= 11 is 0. The van der Waals surface area contributed by atoms with Gasteiger partial charge in [0.1, 0.15) is 12.6 Å². The molecule has 3 amide bonds. The number of ether oxygens (including phenoxy) is 1. The van der Waals surface area contributed by atoms with Gasteiger partial charge in [-0.15, -0.1) is 0 Å². The second-order valence-electron chi connectivity index (χ2n) is 10.1. The fourth-order valence-electron chi connectivity index (χ4n) is 4.43. The van der Waals surface area contributed by atoms with Crippen molar-refractivity contribution < 1.29 is 35.2 Å². The highest BCUT2D eigenvalue weighted by molar-refractivity contribution is 6.01. The van der Waals surface area contributed by atoms with E-state index in [0.29, 0.717) is 32.2 Å². The Balaban J connectivity index is 0. The number of carboxylic acids is 1. The summed E-state index contributed by atoms with van der Waals surface area (Å²) in [6.07, 6.45) is 5.57. The number of unbranched alkanes of at least 4 members (excludes halogenated alkanes) is 1. The van der Waals surface area contributed by atoms with Crippen LogP contribution in [-0.2, 0) is 19.1 Å². The number of halogens is 1. The van der Waals surface area contributed by atoms with Crippen molar-refractivity contribution in [1.82, 2.24) is 22.1 Å². The zero-order valence-electron chi connectivity index (χ0n) is 25.9. The van der Waals surface area contributed by atoms with Crippen molar-refractivity contribution in [2.75, 3.05) is 13.2 Å². The van der Waals surface area contributed by atoms with Gasteiger partial charge in [0.05, 0.1) is 0 Å². The van der Waals surface area contributed by atoms with Crippen molar-refractivity contribution in [2.24, 2.45) is 5.73 Å². The van der Waals surface area contributed by atoms with Crippen LogP contribution in [0.4, 0.5) is 9.50 Å². The van der Waals surface area contributed by atoms with Gasteiger partial charge in [-0.3, -0.25) is 19.6 Å². The molecule has 44 heavy (non-hydrogen) atoms. The van der Waals surface area contributed by atoms with Gasteiger partial charge in [-0.25, -0.2) is 9.59 Å². The van der Waals surface area contributed by atoms with E-state index >= 15 is 0 Å². The van der Waals surface area contributed by atoms with Crippen molar-refractivity contribution in [3.05, 3.63) is 71.6 Å². The van der Waals surface area contributed by atoms with Gasteiger partial charge in [-0.1, -0.05) is 75.7 Å². The number of rotatable bonds is 11. The van der Waals surface area contributed by atoms with E-state index in [1.807, 2.05) is 43.3 Å². The average molecular weight is 620 g/mol. The fraction of sp³-hybridized carbons (Fsp3) is 0.438. The Bertz CT molecular complexity index is 1190. The van der Waals surface area contributed by atoms with Crippen LogP contribution in [0.15, 0.2) is 60.4 Å². The molecule has 0 unspecified atom stereocenters. The molecular formula is C32H50FN5O6. The number of carboxylic acid groups (broad SMARTS) is 1. The summed E-state index contributed by atoms with van der Waals surface area (Å²) in [7, 11) is 0. The Morgan fingerprint density at radius 3 is 2.00 bits per heavy atom. The molecular weight excluding hydrogens is 569 g/mol. The maximum atomic E-state index is 12.4. The third-order valence-electron chi connectivity index (χ3n) is 6.55. The Morgan fingerprint density at radius 2 is 1.55 bits per heavy atom. The molecule has 0 aromatic heterocycles. The molecule has 2 aliphatic rings. The zero-order valence-corrected chi connectivity index (χ0v) is 25.9. The fourth-order valence-corrected chi connectivity index (χ4v) is 4.43. The molecule has 1 heterocycles. The molecule has 2 aromatic rings. The maximum absolute atomic E-state index is 12.4. The van der Waals surface area contributed by atoms with Gasteiger partial charge in [0, 0.05) is 38.6 Å². The standard InChI is InChI=1S/C25H31N3O4.C4H5NO2.C3H8.FH.H3N.H2/c1-2-17(26)15-27-14-8-7-13-23(24(29)30)28-25(31)32-16-22-20-11-5-3-9-18(20)19-10-4-6-12-21(19)22;6-3-1-2-4(7)5-3;1-3-2;;;/h3-6,9-12,15,22-23,27H,2,7-8,13-14,16,26H2,1H3,(H,28,31)(H,29,30);1-2H2,(H,5,6,7);3H2,1-2H3;1H;1H3;1H/b17-15-;;;;;/t23-;;;;;/m0...../s1. The normalized spacial score (nSPS) is 13.6. The number of benzene rings is 2. The van der Waals surface area contributed by atoms with Crippen LogP contribution < -0.4 is 27.8 Å². The van der Waals surface area contributed by atoms with Gasteiger partial charge >= 0.3 is 12.1 Å². The van der Waals surface area contributed by atoms with E-state index in [9.17, 15) is 24.3 Å². The zero-order chi connectivity index (χ0) is 30.9. The highest BCUT2D eigenvalue weighted by Gasteiger charge is 2.29. The number of alkyl carbamates (subject to hydrolysis) is 1. The summed E-state index contributed by atoms with van der Waals surface area (Å²) in [5.41, 5.74) is 11.0. The van der Waals surface area contributed by atoms with Gasteiger partial charge in [-0.2, -0.15) is 0 Å². The number of nitrogens with two attached hydrogens (primary N) is 1. The molecule has 1 fully saturated rings. The Hall–Kier alpha value is -4.45. The van der Waals surface area contributed by atoms with Crippen molar-refractivity contribution in [1.29, 1.82) is 0 Å². The molecule has 1 saturated heterocycles. The molecule has 246 valence electrons. The van der Waals surface area contributed by atoms with Crippen LogP contribution in [-0.4, -0.2) is 48.2 Å². The summed E-state index contributed by atoms with van der Waals surface area (Å²) in [5, 5.41) is 17.2. The SMILES string of the molecule is CC/C(N)=C/NCCCC[C@H](NC(=O)OCC1c2ccccc2-c2ccccc21)C(=O)O.CCC.F.N.O=C1CCC(=O)N1.[HH].